The van der Waals surface area contributed by atoms with Gasteiger partial charge in [0, 0.05) is 10.8 Å². The zero-order chi connectivity index (χ0) is 12.2. The number of hydrogen-bond acceptors (Lipinski definition) is 4. The lowest BCUT2D eigenvalue weighted by Crippen LogP contribution is -2.14. The highest BCUT2D eigenvalue weighted by Gasteiger charge is 2.18. The van der Waals surface area contributed by atoms with E-state index in [9.17, 15) is 0 Å². The number of rotatable bonds is 0. The van der Waals surface area contributed by atoms with Crippen LogP contribution in [0.3, 0.4) is 0 Å². The highest BCUT2D eigenvalue weighted by atomic mass is 15.1. The van der Waals surface area contributed by atoms with Crippen molar-refractivity contribution in [2.75, 3.05) is 0 Å². The van der Waals surface area contributed by atoms with Crippen LogP contribution in [0.25, 0.3) is 11.0 Å². The average molecular weight is 218 g/mol. The zero-order valence-electron chi connectivity index (χ0n) is 10.5. The van der Waals surface area contributed by atoms with E-state index < -0.39 is 0 Å². The van der Waals surface area contributed by atoms with E-state index in [0.29, 0.717) is 5.65 Å². The summed E-state index contributed by atoms with van der Waals surface area (Å²) in [6.07, 6.45) is 3.21. The molecule has 86 valence electrons. The highest BCUT2D eigenvalue weighted by molar-refractivity contribution is 5.77. The normalized spacial score (nSPS) is 10.8. The van der Waals surface area contributed by atoms with Gasteiger partial charge >= 0.3 is 0 Å². The van der Waals surface area contributed by atoms with Gasteiger partial charge in [0.15, 0.2) is 5.65 Å². The third kappa shape index (κ3) is 2.51. The Hall–Kier alpha value is -1.58. The summed E-state index contributed by atoms with van der Waals surface area (Å²) >= 11 is 0. The lowest BCUT2D eigenvalue weighted by molar-refractivity contribution is 0.573. The summed E-state index contributed by atoms with van der Waals surface area (Å²) in [6.45, 7) is 10.4. The van der Waals surface area contributed by atoms with Crippen molar-refractivity contribution >= 4 is 11.0 Å². The van der Waals surface area contributed by atoms with Gasteiger partial charge in [0.2, 0.25) is 0 Å². The molecule has 2 aromatic heterocycles. The van der Waals surface area contributed by atoms with Gasteiger partial charge in [-0.05, 0) is 6.07 Å². The van der Waals surface area contributed by atoms with Crippen molar-refractivity contribution in [1.29, 1.82) is 0 Å². The smallest absolute Gasteiger partial charge is 0.185 e. The lowest BCUT2D eigenvalue weighted by Gasteiger charge is -2.18. The van der Waals surface area contributed by atoms with Crippen molar-refractivity contribution in [3.8, 4) is 0 Å². The minimum absolute atomic E-state index is 0.00419. The molecule has 0 fully saturated rings. The molecule has 2 rings (SSSR count). The monoisotopic (exact) mass is 218 g/mol. The van der Waals surface area contributed by atoms with Gasteiger partial charge in [-0.1, -0.05) is 34.6 Å². The van der Waals surface area contributed by atoms with Crippen molar-refractivity contribution in [3.05, 3.63) is 24.3 Å². The predicted octanol–water partition coefficient (Wildman–Crippen LogP) is 2.74. The largest absolute Gasteiger partial charge is 0.240 e. The Bertz CT molecular complexity index is 455. The molecular formula is C12H18N4. The fourth-order valence-electron chi connectivity index (χ4n) is 1.41. The second-order valence-electron chi connectivity index (χ2n) is 4.24. The third-order valence-electron chi connectivity index (χ3n) is 2.03. The molecule has 0 amide bonds. The maximum absolute atomic E-state index is 4.30. The van der Waals surface area contributed by atoms with Crippen LogP contribution in [-0.4, -0.2) is 20.2 Å². The molecule has 0 unspecified atom stereocenters. The molecule has 0 aromatic carbocycles. The summed E-state index contributed by atoms with van der Waals surface area (Å²) in [5.41, 5.74) is 1.68. The number of hydrogen-bond donors (Lipinski definition) is 0. The summed E-state index contributed by atoms with van der Waals surface area (Å²) in [6, 6.07) is 1.91. The van der Waals surface area contributed by atoms with Crippen LogP contribution in [0, 0.1) is 0 Å². The average Bonchev–Trinajstić information content (AvgIpc) is 2.30. The third-order valence-corrected chi connectivity index (χ3v) is 2.03. The second kappa shape index (κ2) is 4.96. The van der Waals surface area contributed by atoms with Gasteiger partial charge in [0.25, 0.3) is 0 Å². The molecule has 4 heteroatoms. The first-order valence-corrected chi connectivity index (χ1v) is 5.52. The van der Waals surface area contributed by atoms with E-state index in [4.69, 9.17) is 0 Å². The molecule has 0 bridgehead atoms. The Morgan fingerprint density at radius 3 is 2.38 bits per heavy atom. The van der Waals surface area contributed by atoms with Crippen molar-refractivity contribution in [2.45, 2.75) is 40.0 Å². The summed E-state index contributed by atoms with van der Waals surface area (Å²) in [5, 5.41) is 8.73. The standard InChI is InChI=1S/C10H12N4.C2H6/c1-10(2,3)8-7-4-5-13-14-9(7)12-6-11-8;1-2/h4-6H,1-3H3;1-2H3. The van der Waals surface area contributed by atoms with E-state index in [1.165, 1.54) is 6.33 Å². The Kier molecular flexibility index (Phi) is 3.88. The van der Waals surface area contributed by atoms with Crippen molar-refractivity contribution in [2.24, 2.45) is 0 Å². The molecule has 0 aliphatic heterocycles. The summed E-state index contributed by atoms with van der Waals surface area (Å²) in [4.78, 5) is 8.37. The van der Waals surface area contributed by atoms with Crippen molar-refractivity contribution < 1.29 is 0 Å². The van der Waals surface area contributed by atoms with Crippen LogP contribution >= 0.6 is 0 Å². The fourth-order valence-corrected chi connectivity index (χ4v) is 1.41. The van der Waals surface area contributed by atoms with Gasteiger partial charge in [-0.3, -0.25) is 0 Å². The number of nitrogens with zero attached hydrogens (tertiary/aromatic N) is 4. The van der Waals surface area contributed by atoms with E-state index in [2.05, 4.69) is 40.9 Å². The molecule has 0 atom stereocenters. The van der Waals surface area contributed by atoms with Gasteiger partial charge in [0.1, 0.15) is 6.33 Å². The van der Waals surface area contributed by atoms with E-state index in [-0.39, 0.29) is 5.41 Å². The summed E-state index contributed by atoms with van der Waals surface area (Å²) in [7, 11) is 0. The van der Waals surface area contributed by atoms with E-state index in [0.717, 1.165) is 11.1 Å². The number of fused-ring (bicyclic) bond motifs is 1. The Morgan fingerprint density at radius 1 is 1.06 bits per heavy atom. The topological polar surface area (TPSA) is 51.6 Å². The molecule has 2 heterocycles. The van der Waals surface area contributed by atoms with Gasteiger partial charge in [-0.2, -0.15) is 5.10 Å². The molecule has 0 spiro atoms. The summed E-state index contributed by atoms with van der Waals surface area (Å²) < 4.78 is 0. The second-order valence-corrected chi connectivity index (χ2v) is 4.24. The molecule has 16 heavy (non-hydrogen) atoms. The Balaban J connectivity index is 0.000000606. The molecule has 0 saturated heterocycles. The van der Waals surface area contributed by atoms with Gasteiger partial charge in [0.05, 0.1) is 11.9 Å². The molecule has 0 saturated carbocycles. The van der Waals surface area contributed by atoms with Crippen molar-refractivity contribution in [3.63, 3.8) is 0 Å². The van der Waals surface area contributed by atoms with Crippen molar-refractivity contribution in [1.82, 2.24) is 20.2 Å². The van der Waals surface area contributed by atoms with Crippen LogP contribution in [0.15, 0.2) is 18.6 Å². The summed E-state index contributed by atoms with van der Waals surface area (Å²) in [5.74, 6) is 0. The fraction of sp³-hybridized carbons (Fsp3) is 0.500. The first-order valence-electron chi connectivity index (χ1n) is 5.52. The van der Waals surface area contributed by atoms with Gasteiger partial charge in [-0.25, -0.2) is 9.97 Å². The highest BCUT2D eigenvalue weighted by Crippen LogP contribution is 2.25. The molecule has 0 radical (unpaired) electrons. The molecular weight excluding hydrogens is 200 g/mol. The van der Waals surface area contributed by atoms with Crippen LogP contribution in [-0.2, 0) is 5.41 Å². The molecule has 2 aromatic rings. The maximum Gasteiger partial charge on any atom is 0.185 e. The Morgan fingerprint density at radius 2 is 1.75 bits per heavy atom. The minimum Gasteiger partial charge on any atom is -0.240 e. The molecule has 4 nitrogen and oxygen atoms in total. The molecule has 0 aliphatic rings. The quantitative estimate of drug-likeness (QED) is 0.682. The maximum atomic E-state index is 4.30. The lowest BCUT2D eigenvalue weighted by atomic mass is 9.90. The predicted molar refractivity (Wildman–Crippen MR) is 65.2 cm³/mol. The SMILES string of the molecule is CC.CC(C)(C)c1ncnc2nnccc12. The van der Waals surface area contributed by atoms with Gasteiger partial charge in [-0.15, -0.1) is 5.10 Å². The first kappa shape index (κ1) is 12.5. The van der Waals surface area contributed by atoms with E-state index in [1.807, 2.05) is 19.9 Å². The first-order chi connectivity index (χ1) is 7.59. The zero-order valence-corrected chi connectivity index (χ0v) is 10.5. The Labute approximate surface area is 96.2 Å². The van der Waals surface area contributed by atoms with Crippen LogP contribution in [0.2, 0.25) is 0 Å². The van der Waals surface area contributed by atoms with E-state index in [1.54, 1.807) is 6.20 Å². The molecule has 0 aliphatic carbocycles. The van der Waals surface area contributed by atoms with Crippen LogP contribution in [0.1, 0.15) is 40.3 Å². The van der Waals surface area contributed by atoms with Crippen LogP contribution in [0.4, 0.5) is 0 Å². The van der Waals surface area contributed by atoms with Crippen LogP contribution < -0.4 is 0 Å². The van der Waals surface area contributed by atoms with E-state index >= 15 is 0 Å². The van der Waals surface area contributed by atoms with Crippen LogP contribution in [0.5, 0.6) is 0 Å². The van der Waals surface area contributed by atoms with Gasteiger partial charge < -0.3 is 0 Å². The number of aromatic nitrogens is 4. The minimum atomic E-state index is 0.00419. The molecule has 0 N–H and O–H groups in total.